The predicted octanol–water partition coefficient (Wildman–Crippen LogP) is 2.79. The van der Waals surface area contributed by atoms with Gasteiger partial charge in [-0.2, -0.15) is 0 Å². The van der Waals surface area contributed by atoms with Gasteiger partial charge in [-0.15, -0.1) is 0 Å². The van der Waals surface area contributed by atoms with E-state index in [0.717, 1.165) is 15.6 Å². The molecule has 0 saturated heterocycles. The van der Waals surface area contributed by atoms with Crippen LogP contribution in [0.1, 0.15) is 5.69 Å². The maximum absolute atomic E-state index is 10.8. The Morgan fingerprint density at radius 2 is 2.10 bits per heavy atom. The van der Waals surface area contributed by atoms with Crippen LogP contribution in [0.4, 0.5) is 0 Å². The first-order chi connectivity index (χ1) is 9.65. The molecule has 0 unspecified atom stereocenters. The number of nitrogens with zero attached hydrogens (tertiary/aromatic N) is 3. The van der Waals surface area contributed by atoms with Gasteiger partial charge in [-0.25, -0.2) is 9.97 Å². The first-order valence-electron chi connectivity index (χ1n) is 5.93. The fourth-order valence-corrected chi connectivity index (χ4v) is 2.58. The number of rotatable bonds is 3. The van der Waals surface area contributed by atoms with Crippen molar-refractivity contribution in [1.82, 2.24) is 14.4 Å². The molecule has 0 amide bonds. The van der Waals surface area contributed by atoms with Crippen LogP contribution in [0.15, 0.2) is 47.5 Å². The van der Waals surface area contributed by atoms with Crippen LogP contribution in [0.5, 0.6) is 0 Å². The monoisotopic (exact) mass is 331 g/mol. The van der Waals surface area contributed by atoms with Gasteiger partial charge in [0, 0.05) is 28.0 Å². The molecule has 0 bridgehead atoms. The van der Waals surface area contributed by atoms with Gasteiger partial charge in [0.05, 0.1) is 12.1 Å². The fraction of sp³-hybridized carbons (Fsp3) is 0.0714. The zero-order valence-electron chi connectivity index (χ0n) is 10.3. The molecule has 1 aromatic carbocycles. The Hall–Kier alpha value is -2.21. The SMILES string of the molecule is O=C(O)Cc1cn2cncc(-c3ccccc3Br)c2n1. The van der Waals surface area contributed by atoms with Crippen LogP contribution in [0.25, 0.3) is 16.8 Å². The van der Waals surface area contributed by atoms with Gasteiger partial charge in [0.2, 0.25) is 0 Å². The number of hydrogen-bond acceptors (Lipinski definition) is 3. The van der Waals surface area contributed by atoms with Gasteiger partial charge in [0.25, 0.3) is 0 Å². The molecule has 0 spiro atoms. The number of hydrogen-bond donors (Lipinski definition) is 1. The molecule has 0 aliphatic carbocycles. The summed E-state index contributed by atoms with van der Waals surface area (Å²) in [6.45, 7) is 0. The standard InChI is InChI=1S/C14H10BrN3O2/c15-12-4-2-1-3-10(12)11-6-16-8-18-7-9(5-13(19)20)17-14(11)18/h1-4,6-8H,5H2,(H,19,20). The maximum Gasteiger partial charge on any atom is 0.309 e. The van der Waals surface area contributed by atoms with Gasteiger partial charge >= 0.3 is 5.97 Å². The lowest BCUT2D eigenvalue weighted by Gasteiger charge is -2.05. The van der Waals surface area contributed by atoms with E-state index in [1.807, 2.05) is 24.3 Å². The number of carboxylic acids is 1. The van der Waals surface area contributed by atoms with E-state index in [1.165, 1.54) is 0 Å². The number of benzene rings is 1. The fourth-order valence-electron chi connectivity index (χ4n) is 2.08. The van der Waals surface area contributed by atoms with Gasteiger partial charge in [0.15, 0.2) is 0 Å². The third kappa shape index (κ3) is 2.30. The summed E-state index contributed by atoms with van der Waals surface area (Å²) < 4.78 is 2.69. The molecule has 0 aliphatic heterocycles. The molecule has 2 heterocycles. The molecule has 0 atom stereocenters. The van der Waals surface area contributed by atoms with Crippen molar-refractivity contribution in [3.63, 3.8) is 0 Å². The van der Waals surface area contributed by atoms with Crippen LogP contribution in [-0.2, 0) is 11.2 Å². The lowest BCUT2D eigenvalue weighted by atomic mass is 10.1. The summed E-state index contributed by atoms with van der Waals surface area (Å²) in [5.41, 5.74) is 3.04. The molecule has 2 aromatic heterocycles. The average molecular weight is 332 g/mol. The number of carboxylic acid groups (broad SMARTS) is 1. The van der Waals surface area contributed by atoms with Crippen LogP contribution in [0.2, 0.25) is 0 Å². The van der Waals surface area contributed by atoms with Crippen molar-refractivity contribution in [2.75, 3.05) is 0 Å². The van der Waals surface area contributed by atoms with E-state index in [0.29, 0.717) is 11.3 Å². The molecular weight excluding hydrogens is 322 g/mol. The molecule has 0 saturated carbocycles. The van der Waals surface area contributed by atoms with E-state index in [9.17, 15) is 4.79 Å². The predicted molar refractivity (Wildman–Crippen MR) is 77.5 cm³/mol. The zero-order valence-corrected chi connectivity index (χ0v) is 11.9. The maximum atomic E-state index is 10.8. The molecule has 0 radical (unpaired) electrons. The van der Waals surface area contributed by atoms with Crippen LogP contribution >= 0.6 is 15.9 Å². The Labute approximate surface area is 123 Å². The molecule has 5 nitrogen and oxygen atoms in total. The van der Waals surface area contributed by atoms with E-state index in [4.69, 9.17) is 5.11 Å². The lowest BCUT2D eigenvalue weighted by molar-refractivity contribution is -0.136. The third-order valence-electron chi connectivity index (χ3n) is 2.91. The Morgan fingerprint density at radius 1 is 1.30 bits per heavy atom. The number of aliphatic carboxylic acids is 1. The second-order valence-electron chi connectivity index (χ2n) is 4.32. The largest absolute Gasteiger partial charge is 0.481 e. The van der Waals surface area contributed by atoms with E-state index < -0.39 is 5.97 Å². The van der Waals surface area contributed by atoms with Gasteiger partial charge < -0.3 is 5.11 Å². The van der Waals surface area contributed by atoms with Crippen LogP contribution in [0, 0.1) is 0 Å². The van der Waals surface area contributed by atoms with Gasteiger partial charge in [-0.3, -0.25) is 9.20 Å². The van der Waals surface area contributed by atoms with Crippen LogP contribution in [0.3, 0.4) is 0 Å². The number of halogens is 1. The Morgan fingerprint density at radius 3 is 2.85 bits per heavy atom. The Balaban J connectivity index is 2.19. The molecule has 0 fully saturated rings. The summed E-state index contributed by atoms with van der Waals surface area (Å²) in [5.74, 6) is -0.899. The highest BCUT2D eigenvalue weighted by molar-refractivity contribution is 9.10. The van der Waals surface area contributed by atoms with Crippen molar-refractivity contribution < 1.29 is 9.90 Å². The van der Waals surface area contributed by atoms with Crippen molar-refractivity contribution in [3.05, 3.63) is 53.2 Å². The third-order valence-corrected chi connectivity index (χ3v) is 3.61. The summed E-state index contributed by atoms with van der Waals surface area (Å²) >= 11 is 3.51. The zero-order chi connectivity index (χ0) is 14.1. The quantitative estimate of drug-likeness (QED) is 0.801. The highest BCUT2D eigenvalue weighted by Crippen LogP contribution is 2.30. The second kappa shape index (κ2) is 5.05. The minimum Gasteiger partial charge on any atom is -0.481 e. The van der Waals surface area contributed by atoms with Crippen LogP contribution in [-0.4, -0.2) is 25.4 Å². The highest BCUT2D eigenvalue weighted by Gasteiger charge is 2.12. The molecule has 3 rings (SSSR count). The molecule has 6 heteroatoms. The van der Waals surface area contributed by atoms with Gasteiger partial charge in [0.1, 0.15) is 12.0 Å². The van der Waals surface area contributed by atoms with Crippen molar-refractivity contribution in [2.24, 2.45) is 0 Å². The van der Waals surface area contributed by atoms with Gasteiger partial charge in [-0.05, 0) is 6.07 Å². The molecule has 0 aliphatic rings. The first-order valence-corrected chi connectivity index (χ1v) is 6.73. The molecule has 20 heavy (non-hydrogen) atoms. The number of imidazole rings is 1. The molecule has 100 valence electrons. The molecule has 1 N–H and O–H groups in total. The number of aromatic nitrogens is 3. The summed E-state index contributed by atoms with van der Waals surface area (Å²) in [6.07, 6.45) is 4.94. The van der Waals surface area contributed by atoms with Crippen LogP contribution < -0.4 is 0 Å². The second-order valence-corrected chi connectivity index (χ2v) is 5.18. The van der Waals surface area contributed by atoms with E-state index in [-0.39, 0.29) is 6.42 Å². The van der Waals surface area contributed by atoms with Crippen molar-refractivity contribution >= 4 is 27.5 Å². The lowest BCUT2D eigenvalue weighted by Crippen LogP contribution is -1.99. The summed E-state index contributed by atoms with van der Waals surface area (Å²) in [7, 11) is 0. The minimum atomic E-state index is -0.899. The van der Waals surface area contributed by atoms with Crippen molar-refractivity contribution in [1.29, 1.82) is 0 Å². The molecule has 3 aromatic rings. The summed E-state index contributed by atoms with van der Waals surface area (Å²) in [6, 6.07) is 7.78. The van der Waals surface area contributed by atoms with E-state index >= 15 is 0 Å². The van der Waals surface area contributed by atoms with Crippen molar-refractivity contribution in [3.8, 4) is 11.1 Å². The normalized spacial score (nSPS) is 10.8. The summed E-state index contributed by atoms with van der Waals surface area (Å²) in [4.78, 5) is 19.4. The van der Waals surface area contributed by atoms with Crippen molar-refractivity contribution in [2.45, 2.75) is 6.42 Å². The topological polar surface area (TPSA) is 67.5 Å². The minimum absolute atomic E-state index is 0.100. The number of carbonyl (C=O) groups is 1. The van der Waals surface area contributed by atoms with E-state index in [2.05, 4.69) is 25.9 Å². The average Bonchev–Trinajstić information content (AvgIpc) is 2.80. The van der Waals surface area contributed by atoms with E-state index in [1.54, 1.807) is 23.1 Å². The van der Waals surface area contributed by atoms with Gasteiger partial charge in [-0.1, -0.05) is 34.1 Å². The first kappa shape index (κ1) is 12.8. The smallest absolute Gasteiger partial charge is 0.309 e. The Bertz CT molecular complexity index is 798. The molecular formula is C14H10BrN3O2. The highest BCUT2D eigenvalue weighted by atomic mass is 79.9. The Kier molecular flexibility index (Phi) is 3.23. The number of fused-ring (bicyclic) bond motifs is 1. The summed E-state index contributed by atoms with van der Waals surface area (Å²) in [5, 5.41) is 8.85.